The summed E-state index contributed by atoms with van der Waals surface area (Å²) in [6, 6.07) is 6.45. The number of carbonyl (C=O) groups is 2. The standard InChI is InChI=1S/C12H13O4/c1-3-6-11(13)16-10-8-5-4-7-9(10)12(14)15-2/h4-8H,3H2,1-2H3. The van der Waals surface area contributed by atoms with Crippen molar-refractivity contribution >= 4 is 11.9 Å². The fourth-order valence-electron chi connectivity index (χ4n) is 1.15. The maximum Gasteiger partial charge on any atom is 0.341 e. The summed E-state index contributed by atoms with van der Waals surface area (Å²) in [6.07, 6.45) is 1.98. The molecule has 0 N–H and O–H groups in total. The Balaban J connectivity index is 2.87. The molecule has 1 rings (SSSR count). The zero-order valence-electron chi connectivity index (χ0n) is 9.23. The number of ether oxygens (including phenoxy) is 2. The van der Waals surface area contributed by atoms with Crippen LogP contribution in [0.1, 0.15) is 23.7 Å². The minimum absolute atomic E-state index is 0.212. The van der Waals surface area contributed by atoms with Crippen LogP contribution in [0.4, 0.5) is 0 Å². The first-order valence-corrected chi connectivity index (χ1v) is 4.91. The monoisotopic (exact) mass is 221 g/mol. The molecule has 0 heterocycles. The van der Waals surface area contributed by atoms with E-state index in [4.69, 9.17) is 4.74 Å². The quantitative estimate of drug-likeness (QED) is 0.576. The summed E-state index contributed by atoms with van der Waals surface area (Å²) in [5.74, 6) is -0.789. The van der Waals surface area contributed by atoms with Crippen LogP contribution in [0.5, 0.6) is 5.75 Å². The van der Waals surface area contributed by atoms with Gasteiger partial charge in [0.1, 0.15) is 11.3 Å². The van der Waals surface area contributed by atoms with E-state index in [-0.39, 0.29) is 11.3 Å². The Bertz CT molecular complexity index is 384. The Morgan fingerprint density at radius 1 is 1.31 bits per heavy atom. The van der Waals surface area contributed by atoms with Crippen LogP contribution in [-0.2, 0) is 9.53 Å². The summed E-state index contributed by atoms with van der Waals surface area (Å²) in [5.41, 5.74) is 0.239. The minimum Gasteiger partial charge on any atom is -0.465 e. The van der Waals surface area contributed by atoms with Crippen LogP contribution in [0.25, 0.3) is 0 Å². The molecule has 16 heavy (non-hydrogen) atoms. The highest BCUT2D eigenvalue weighted by Gasteiger charge is 2.14. The number of para-hydroxylation sites is 1. The van der Waals surface area contributed by atoms with Crippen molar-refractivity contribution in [1.82, 2.24) is 0 Å². The van der Waals surface area contributed by atoms with Crippen LogP contribution in [0, 0.1) is 6.42 Å². The largest absolute Gasteiger partial charge is 0.465 e. The summed E-state index contributed by atoms with van der Waals surface area (Å²) >= 11 is 0. The predicted octanol–water partition coefficient (Wildman–Crippen LogP) is 1.99. The van der Waals surface area contributed by atoms with E-state index in [0.717, 1.165) is 0 Å². The lowest BCUT2D eigenvalue weighted by atomic mass is 10.2. The summed E-state index contributed by atoms with van der Waals surface area (Å²) < 4.78 is 9.59. The number of benzene rings is 1. The maximum atomic E-state index is 11.3. The molecule has 0 saturated heterocycles. The fourth-order valence-corrected chi connectivity index (χ4v) is 1.15. The predicted molar refractivity (Wildman–Crippen MR) is 58.0 cm³/mol. The van der Waals surface area contributed by atoms with E-state index in [9.17, 15) is 9.59 Å². The molecule has 1 aromatic carbocycles. The molecule has 0 aliphatic carbocycles. The third-order valence-corrected chi connectivity index (χ3v) is 1.87. The molecule has 4 nitrogen and oxygen atoms in total. The van der Waals surface area contributed by atoms with Crippen molar-refractivity contribution in [3.63, 3.8) is 0 Å². The SMILES string of the molecule is CC[CH]C(=O)Oc1ccccc1C(=O)OC. The van der Waals surface area contributed by atoms with E-state index < -0.39 is 11.9 Å². The van der Waals surface area contributed by atoms with Gasteiger partial charge in [-0.05, 0) is 18.6 Å². The van der Waals surface area contributed by atoms with Gasteiger partial charge in [-0.3, -0.25) is 4.79 Å². The second-order valence-electron chi connectivity index (χ2n) is 3.02. The van der Waals surface area contributed by atoms with Crippen LogP contribution in [0.3, 0.4) is 0 Å². The van der Waals surface area contributed by atoms with Crippen LogP contribution in [0.15, 0.2) is 24.3 Å². The molecule has 0 fully saturated rings. The van der Waals surface area contributed by atoms with Crippen LogP contribution in [0.2, 0.25) is 0 Å². The first kappa shape index (κ1) is 12.2. The lowest BCUT2D eigenvalue weighted by molar-refractivity contribution is -0.130. The molecule has 0 aliphatic rings. The topological polar surface area (TPSA) is 52.6 Å². The zero-order valence-corrected chi connectivity index (χ0v) is 9.23. The normalized spacial score (nSPS) is 9.62. The van der Waals surface area contributed by atoms with Crippen molar-refractivity contribution in [2.45, 2.75) is 13.3 Å². The molecule has 0 atom stereocenters. The number of hydrogen-bond donors (Lipinski definition) is 0. The summed E-state index contributed by atoms with van der Waals surface area (Å²) in [4.78, 5) is 22.6. The molecule has 1 aromatic rings. The van der Waals surface area contributed by atoms with Crippen LogP contribution >= 0.6 is 0 Å². The van der Waals surface area contributed by atoms with Gasteiger partial charge in [-0.2, -0.15) is 0 Å². The molecule has 0 aromatic heterocycles. The summed E-state index contributed by atoms with van der Waals surface area (Å²) in [5, 5.41) is 0. The molecule has 0 bridgehead atoms. The molecule has 85 valence electrons. The van der Waals surface area contributed by atoms with Gasteiger partial charge < -0.3 is 9.47 Å². The van der Waals surface area contributed by atoms with Gasteiger partial charge in [0.05, 0.1) is 13.5 Å². The molecule has 0 unspecified atom stereocenters. The highest BCUT2D eigenvalue weighted by atomic mass is 16.5. The number of methoxy groups -OCH3 is 1. The second-order valence-corrected chi connectivity index (χ2v) is 3.02. The molecular formula is C12H13O4. The first-order chi connectivity index (χ1) is 7.69. The Kier molecular flexibility index (Phi) is 4.51. The van der Waals surface area contributed by atoms with E-state index in [1.54, 1.807) is 24.3 Å². The Hall–Kier alpha value is -1.84. The maximum absolute atomic E-state index is 11.3. The Morgan fingerprint density at radius 3 is 2.62 bits per heavy atom. The van der Waals surface area contributed by atoms with E-state index in [1.165, 1.54) is 13.5 Å². The van der Waals surface area contributed by atoms with Gasteiger partial charge in [0.2, 0.25) is 0 Å². The number of carbonyl (C=O) groups excluding carboxylic acids is 2. The van der Waals surface area contributed by atoms with Crippen molar-refractivity contribution in [2.75, 3.05) is 7.11 Å². The number of rotatable bonds is 4. The summed E-state index contributed by atoms with van der Waals surface area (Å²) in [7, 11) is 1.28. The molecule has 1 radical (unpaired) electrons. The molecular weight excluding hydrogens is 208 g/mol. The summed E-state index contributed by atoms with van der Waals surface area (Å²) in [6.45, 7) is 1.83. The van der Waals surface area contributed by atoms with Crippen molar-refractivity contribution < 1.29 is 19.1 Å². The average molecular weight is 221 g/mol. The molecule has 4 heteroatoms. The molecule has 0 spiro atoms. The first-order valence-electron chi connectivity index (χ1n) is 4.91. The smallest absolute Gasteiger partial charge is 0.341 e. The Labute approximate surface area is 94.2 Å². The van der Waals surface area contributed by atoms with Crippen molar-refractivity contribution in [3.8, 4) is 5.75 Å². The van der Waals surface area contributed by atoms with Crippen molar-refractivity contribution in [1.29, 1.82) is 0 Å². The van der Waals surface area contributed by atoms with Gasteiger partial charge in [-0.25, -0.2) is 4.79 Å². The van der Waals surface area contributed by atoms with E-state index in [0.29, 0.717) is 6.42 Å². The van der Waals surface area contributed by atoms with E-state index in [1.807, 2.05) is 6.92 Å². The lowest BCUT2D eigenvalue weighted by Crippen LogP contribution is -2.11. The molecule has 0 saturated carbocycles. The highest BCUT2D eigenvalue weighted by molar-refractivity contribution is 5.94. The van der Waals surface area contributed by atoms with Gasteiger partial charge in [0, 0.05) is 0 Å². The van der Waals surface area contributed by atoms with E-state index in [2.05, 4.69) is 4.74 Å². The van der Waals surface area contributed by atoms with Gasteiger partial charge in [0.15, 0.2) is 0 Å². The second kappa shape index (κ2) is 5.90. The van der Waals surface area contributed by atoms with Crippen LogP contribution < -0.4 is 4.74 Å². The fraction of sp³-hybridized carbons (Fsp3) is 0.250. The van der Waals surface area contributed by atoms with Gasteiger partial charge >= 0.3 is 11.9 Å². The van der Waals surface area contributed by atoms with Crippen molar-refractivity contribution in [2.24, 2.45) is 0 Å². The highest BCUT2D eigenvalue weighted by Crippen LogP contribution is 2.19. The third kappa shape index (κ3) is 3.08. The lowest BCUT2D eigenvalue weighted by Gasteiger charge is -2.07. The third-order valence-electron chi connectivity index (χ3n) is 1.87. The molecule has 0 aliphatic heterocycles. The van der Waals surface area contributed by atoms with Crippen molar-refractivity contribution in [3.05, 3.63) is 36.2 Å². The van der Waals surface area contributed by atoms with Gasteiger partial charge in [-0.1, -0.05) is 19.1 Å². The Morgan fingerprint density at radius 2 is 2.00 bits per heavy atom. The average Bonchev–Trinajstić information content (AvgIpc) is 2.29. The van der Waals surface area contributed by atoms with Gasteiger partial charge in [-0.15, -0.1) is 0 Å². The zero-order chi connectivity index (χ0) is 12.0. The van der Waals surface area contributed by atoms with Gasteiger partial charge in [0.25, 0.3) is 0 Å². The van der Waals surface area contributed by atoms with Crippen LogP contribution in [-0.4, -0.2) is 19.0 Å². The molecule has 0 amide bonds. The van der Waals surface area contributed by atoms with E-state index >= 15 is 0 Å². The number of esters is 2. The minimum atomic E-state index is -0.528. The number of hydrogen-bond acceptors (Lipinski definition) is 4.